The summed E-state index contributed by atoms with van der Waals surface area (Å²) in [6.07, 6.45) is 0.732. The smallest absolute Gasteiger partial charge is 0.338 e. The Morgan fingerprint density at radius 3 is 2.38 bits per heavy atom. The van der Waals surface area contributed by atoms with Crippen molar-refractivity contribution in [3.05, 3.63) is 76.5 Å². The number of carbonyl (C=O) groups is 2. The van der Waals surface area contributed by atoms with E-state index in [2.05, 4.69) is 22.8 Å². The van der Waals surface area contributed by atoms with Gasteiger partial charge in [0.15, 0.2) is 0 Å². The van der Waals surface area contributed by atoms with E-state index in [-0.39, 0.29) is 6.03 Å². The number of nitrogens with one attached hydrogen (secondary N) is 2. The van der Waals surface area contributed by atoms with Crippen molar-refractivity contribution in [1.29, 1.82) is 0 Å². The number of esters is 1. The van der Waals surface area contributed by atoms with Gasteiger partial charge in [-0.25, -0.2) is 9.59 Å². The van der Waals surface area contributed by atoms with E-state index in [0.717, 1.165) is 17.5 Å². The highest BCUT2D eigenvalue weighted by molar-refractivity contribution is 5.95. The molecule has 0 saturated heterocycles. The van der Waals surface area contributed by atoms with Crippen LogP contribution in [0.5, 0.6) is 5.75 Å². The minimum atomic E-state index is -0.570. The van der Waals surface area contributed by atoms with Gasteiger partial charge in [0.25, 0.3) is 0 Å². The molecule has 1 atom stereocenters. The molecule has 0 aliphatic carbocycles. The third-order valence-corrected chi connectivity index (χ3v) is 4.67. The Labute approximate surface area is 170 Å². The standard InChI is InChI=1S/C23H26N2O4/c1-4-13-28-22(26)20-16(3)24-23(27)25-21(20)18-9-11-19(12-10-18)29-14-17-7-5-15(2)6-8-17/h5-12,21H,4,13-14H2,1-3H3,(H2,24,25,27). The van der Waals surface area contributed by atoms with E-state index >= 15 is 0 Å². The van der Waals surface area contributed by atoms with E-state index in [1.165, 1.54) is 5.56 Å². The second-order valence-corrected chi connectivity index (χ2v) is 7.05. The maximum absolute atomic E-state index is 12.5. The van der Waals surface area contributed by atoms with Gasteiger partial charge < -0.3 is 20.1 Å². The van der Waals surface area contributed by atoms with Crippen LogP contribution in [0, 0.1) is 6.92 Å². The first kappa shape index (κ1) is 20.5. The van der Waals surface area contributed by atoms with Gasteiger partial charge in [-0.2, -0.15) is 0 Å². The summed E-state index contributed by atoms with van der Waals surface area (Å²) in [6.45, 7) is 6.49. The Kier molecular flexibility index (Phi) is 6.54. The van der Waals surface area contributed by atoms with Crippen LogP contribution in [0.2, 0.25) is 0 Å². The molecule has 0 fully saturated rings. The van der Waals surface area contributed by atoms with Crippen molar-refractivity contribution >= 4 is 12.0 Å². The molecule has 3 rings (SSSR count). The number of urea groups is 1. The number of hydrogen-bond acceptors (Lipinski definition) is 4. The molecule has 1 unspecified atom stereocenters. The summed E-state index contributed by atoms with van der Waals surface area (Å²) in [5, 5.41) is 5.45. The van der Waals surface area contributed by atoms with E-state index < -0.39 is 12.0 Å². The zero-order valence-electron chi connectivity index (χ0n) is 17.0. The lowest BCUT2D eigenvalue weighted by molar-refractivity contribution is -0.139. The highest BCUT2D eigenvalue weighted by atomic mass is 16.5. The largest absolute Gasteiger partial charge is 0.489 e. The topological polar surface area (TPSA) is 76.7 Å². The van der Waals surface area contributed by atoms with Gasteiger partial charge in [0.2, 0.25) is 0 Å². The molecule has 0 bridgehead atoms. The molecule has 0 spiro atoms. The first-order chi connectivity index (χ1) is 14.0. The van der Waals surface area contributed by atoms with Crippen molar-refractivity contribution in [2.24, 2.45) is 0 Å². The maximum Gasteiger partial charge on any atom is 0.338 e. The van der Waals surface area contributed by atoms with E-state index in [4.69, 9.17) is 9.47 Å². The second-order valence-electron chi connectivity index (χ2n) is 7.05. The van der Waals surface area contributed by atoms with Gasteiger partial charge >= 0.3 is 12.0 Å². The lowest BCUT2D eigenvalue weighted by atomic mass is 9.95. The molecule has 2 aromatic carbocycles. The average Bonchev–Trinajstić information content (AvgIpc) is 2.71. The Hall–Kier alpha value is -3.28. The van der Waals surface area contributed by atoms with Gasteiger partial charge in [-0.05, 0) is 43.5 Å². The van der Waals surface area contributed by atoms with Crippen LogP contribution >= 0.6 is 0 Å². The molecule has 1 aliphatic rings. The van der Waals surface area contributed by atoms with Crippen LogP contribution in [0.4, 0.5) is 4.79 Å². The first-order valence-electron chi connectivity index (χ1n) is 9.71. The zero-order valence-corrected chi connectivity index (χ0v) is 17.0. The first-order valence-corrected chi connectivity index (χ1v) is 9.71. The monoisotopic (exact) mass is 394 g/mol. The lowest BCUT2D eigenvalue weighted by Gasteiger charge is -2.28. The van der Waals surface area contributed by atoms with E-state index in [1.54, 1.807) is 6.92 Å². The van der Waals surface area contributed by atoms with Crippen molar-refractivity contribution in [2.75, 3.05) is 6.61 Å². The fourth-order valence-corrected chi connectivity index (χ4v) is 3.09. The molecule has 29 heavy (non-hydrogen) atoms. The Morgan fingerprint density at radius 2 is 1.72 bits per heavy atom. The van der Waals surface area contributed by atoms with E-state index in [1.807, 2.05) is 50.2 Å². The maximum atomic E-state index is 12.5. The number of benzene rings is 2. The molecule has 2 aromatic rings. The molecule has 1 aliphatic heterocycles. The van der Waals surface area contributed by atoms with Crippen LogP contribution in [0.3, 0.4) is 0 Å². The van der Waals surface area contributed by atoms with Crippen LogP contribution in [0.15, 0.2) is 59.8 Å². The Bertz CT molecular complexity index is 901. The van der Waals surface area contributed by atoms with Crippen molar-refractivity contribution < 1.29 is 19.1 Å². The third-order valence-electron chi connectivity index (χ3n) is 4.67. The molecule has 0 radical (unpaired) electrons. The summed E-state index contributed by atoms with van der Waals surface area (Å²) in [6, 6.07) is 14.6. The number of ether oxygens (including phenoxy) is 2. The normalized spacial score (nSPS) is 16.1. The minimum absolute atomic E-state index is 0.335. The lowest BCUT2D eigenvalue weighted by Crippen LogP contribution is -2.45. The SMILES string of the molecule is CCCOC(=O)C1=C(C)NC(=O)NC1c1ccc(OCc2ccc(C)cc2)cc1. The molecule has 2 amide bonds. The van der Waals surface area contributed by atoms with Crippen molar-refractivity contribution in [3.8, 4) is 5.75 Å². The zero-order chi connectivity index (χ0) is 20.8. The van der Waals surface area contributed by atoms with Gasteiger partial charge in [0.1, 0.15) is 12.4 Å². The van der Waals surface area contributed by atoms with Crippen LogP contribution in [0.25, 0.3) is 0 Å². The number of hydrogen-bond donors (Lipinski definition) is 2. The highest BCUT2D eigenvalue weighted by Crippen LogP contribution is 2.29. The number of aryl methyl sites for hydroxylation is 1. The summed E-state index contributed by atoms with van der Waals surface area (Å²) in [5.41, 5.74) is 3.99. The van der Waals surface area contributed by atoms with Crippen LogP contribution in [-0.2, 0) is 16.1 Å². The van der Waals surface area contributed by atoms with Crippen LogP contribution in [0.1, 0.15) is 43.0 Å². The molecule has 1 heterocycles. The second kappa shape index (κ2) is 9.28. The number of amides is 2. The molecule has 2 N–H and O–H groups in total. The molecule has 6 heteroatoms. The quantitative estimate of drug-likeness (QED) is 0.692. The van der Waals surface area contributed by atoms with Crippen molar-refractivity contribution in [2.45, 2.75) is 39.8 Å². The van der Waals surface area contributed by atoms with Gasteiger partial charge in [-0.3, -0.25) is 0 Å². The Balaban J connectivity index is 1.74. The minimum Gasteiger partial charge on any atom is -0.489 e. The van der Waals surface area contributed by atoms with Gasteiger partial charge in [0.05, 0.1) is 18.2 Å². The predicted molar refractivity (Wildman–Crippen MR) is 110 cm³/mol. The Morgan fingerprint density at radius 1 is 1.03 bits per heavy atom. The van der Waals surface area contributed by atoms with Crippen molar-refractivity contribution in [1.82, 2.24) is 10.6 Å². The molecule has 6 nitrogen and oxygen atoms in total. The summed E-state index contributed by atoms with van der Waals surface area (Å²) in [7, 11) is 0. The molecule has 152 valence electrons. The molecular weight excluding hydrogens is 368 g/mol. The van der Waals surface area contributed by atoms with E-state index in [0.29, 0.717) is 30.2 Å². The predicted octanol–water partition coefficient (Wildman–Crippen LogP) is 4.16. The summed E-state index contributed by atoms with van der Waals surface area (Å²) in [5.74, 6) is 0.284. The number of rotatable bonds is 7. The summed E-state index contributed by atoms with van der Waals surface area (Å²) in [4.78, 5) is 24.5. The fraction of sp³-hybridized carbons (Fsp3) is 0.304. The number of carbonyl (C=O) groups excluding carboxylic acids is 2. The highest BCUT2D eigenvalue weighted by Gasteiger charge is 2.32. The molecule has 0 saturated carbocycles. The summed E-state index contributed by atoms with van der Waals surface area (Å²) >= 11 is 0. The molecule has 0 aromatic heterocycles. The average molecular weight is 394 g/mol. The van der Waals surface area contributed by atoms with Gasteiger partial charge in [-0.15, -0.1) is 0 Å². The molecular formula is C23H26N2O4. The van der Waals surface area contributed by atoms with Gasteiger partial charge in [0, 0.05) is 5.70 Å². The van der Waals surface area contributed by atoms with Crippen LogP contribution in [-0.4, -0.2) is 18.6 Å². The van der Waals surface area contributed by atoms with Gasteiger partial charge in [-0.1, -0.05) is 48.9 Å². The summed E-state index contributed by atoms with van der Waals surface area (Å²) < 4.78 is 11.1. The number of allylic oxidation sites excluding steroid dienone is 1. The third kappa shape index (κ3) is 5.16. The van der Waals surface area contributed by atoms with Crippen LogP contribution < -0.4 is 15.4 Å². The fourth-order valence-electron chi connectivity index (χ4n) is 3.09. The van der Waals surface area contributed by atoms with Crippen molar-refractivity contribution in [3.63, 3.8) is 0 Å². The van der Waals surface area contributed by atoms with E-state index in [9.17, 15) is 9.59 Å².